The minimum absolute atomic E-state index is 0. The molecular weight excluding hydrogens is 579 g/mol. The molecule has 0 radical (unpaired) electrons. The number of amides is 1. The number of halogens is 1. The van der Waals surface area contributed by atoms with Gasteiger partial charge in [-0.05, 0) is 70.0 Å². The predicted octanol–water partition coefficient (Wildman–Crippen LogP) is 4.14. The number of nitrogens with zero attached hydrogens (tertiary/aromatic N) is 7. The zero-order valence-corrected chi connectivity index (χ0v) is 26.7. The van der Waals surface area contributed by atoms with Gasteiger partial charge in [-0.2, -0.15) is 23.5 Å². The van der Waals surface area contributed by atoms with Crippen LogP contribution in [0.15, 0.2) is 30.7 Å². The van der Waals surface area contributed by atoms with Crippen molar-refractivity contribution in [2.24, 2.45) is 0 Å². The number of rotatable bonds is 7. The first-order valence-corrected chi connectivity index (χ1v) is 15.0. The number of anilines is 2. The molecule has 2 atom stereocenters. The minimum atomic E-state index is -1.00. The summed E-state index contributed by atoms with van der Waals surface area (Å²) in [7, 11) is 2.12. The lowest BCUT2D eigenvalue weighted by atomic mass is 9.99. The largest absolute Gasteiger partial charge is 0.462 e. The van der Waals surface area contributed by atoms with E-state index in [0.29, 0.717) is 38.3 Å². The fourth-order valence-electron chi connectivity index (χ4n) is 6.83. The number of hydrogen-bond acceptors (Lipinski definition) is 7. The zero-order chi connectivity index (χ0) is 30.2. The van der Waals surface area contributed by atoms with Gasteiger partial charge in [-0.1, -0.05) is 6.58 Å². The number of aromatic amines is 1. The quantitative estimate of drug-likeness (QED) is 0.314. The van der Waals surface area contributed by atoms with Crippen LogP contribution in [0.2, 0.25) is 0 Å². The standard InChI is InChI=1S/C32H39FN8O2.H2S/c1-20-15-27-25(8-10-35-27)29(21(20)2)39-12-9-26-28(18-39)36-32(43-19-23-7-6-11-38(23)5)37-30(26)40-13-14-41(31(42)22(3)33)24(17-40)16-34-4;/h8,10,15,23-24,35H,3,6-7,9,11-14,16-19H2,1-2,5H3;1H2/t23-,24-;/m0./s1. The van der Waals surface area contributed by atoms with Crippen molar-refractivity contribution in [3.8, 4) is 6.01 Å². The summed E-state index contributed by atoms with van der Waals surface area (Å²) in [4.78, 5) is 37.6. The molecule has 12 heteroatoms. The Bertz CT molecular complexity index is 1600. The zero-order valence-electron chi connectivity index (χ0n) is 25.7. The van der Waals surface area contributed by atoms with Gasteiger partial charge < -0.3 is 34.2 Å². The summed E-state index contributed by atoms with van der Waals surface area (Å²) in [6.45, 7) is 19.2. The Morgan fingerprint density at radius 1 is 1.20 bits per heavy atom. The van der Waals surface area contributed by atoms with E-state index in [9.17, 15) is 9.18 Å². The molecule has 0 aliphatic carbocycles. The Kier molecular flexibility index (Phi) is 9.37. The van der Waals surface area contributed by atoms with Crippen LogP contribution < -0.4 is 14.5 Å². The van der Waals surface area contributed by atoms with Gasteiger partial charge in [0, 0.05) is 60.6 Å². The van der Waals surface area contributed by atoms with E-state index in [1.165, 1.54) is 27.1 Å². The van der Waals surface area contributed by atoms with Crippen LogP contribution in [0.3, 0.4) is 0 Å². The molecule has 0 spiro atoms. The number of likely N-dealkylation sites (N-methyl/N-ethyl adjacent to an activating group) is 1. The Hall–Kier alpha value is -3.82. The van der Waals surface area contributed by atoms with Crippen molar-refractivity contribution in [1.82, 2.24) is 24.8 Å². The summed E-state index contributed by atoms with van der Waals surface area (Å²) < 4.78 is 20.1. The summed E-state index contributed by atoms with van der Waals surface area (Å²) in [5.74, 6) is -0.963. The summed E-state index contributed by atoms with van der Waals surface area (Å²) in [6, 6.07) is 4.53. The molecular formula is C32H41FN8O2S. The molecule has 1 N–H and O–H groups in total. The van der Waals surface area contributed by atoms with Crippen molar-refractivity contribution >= 4 is 41.8 Å². The molecule has 0 unspecified atom stereocenters. The van der Waals surface area contributed by atoms with E-state index in [4.69, 9.17) is 21.3 Å². The second-order valence-corrected chi connectivity index (χ2v) is 12.0. The van der Waals surface area contributed by atoms with Crippen molar-refractivity contribution in [3.63, 3.8) is 0 Å². The van der Waals surface area contributed by atoms with Gasteiger partial charge >= 0.3 is 6.01 Å². The van der Waals surface area contributed by atoms with Gasteiger partial charge in [0.25, 0.3) is 5.91 Å². The number of nitrogens with one attached hydrogen (secondary N) is 1. The average Bonchev–Trinajstić information content (AvgIpc) is 3.63. The molecule has 3 aliphatic rings. The number of likely N-dealkylation sites (tertiary alicyclic amines) is 1. The van der Waals surface area contributed by atoms with Crippen LogP contribution in [-0.2, 0) is 17.8 Å². The van der Waals surface area contributed by atoms with Crippen molar-refractivity contribution in [2.75, 3.05) is 62.7 Å². The number of piperazine rings is 1. The van der Waals surface area contributed by atoms with E-state index < -0.39 is 17.8 Å². The third-order valence-electron chi connectivity index (χ3n) is 9.33. The van der Waals surface area contributed by atoms with Gasteiger partial charge in [-0.15, -0.1) is 0 Å². The van der Waals surface area contributed by atoms with Gasteiger partial charge in [0.1, 0.15) is 18.5 Å². The lowest BCUT2D eigenvalue weighted by Crippen LogP contribution is -2.57. The number of ether oxygens (including phenoxy) is 1. The Morgan fingerprint density at radius 3 is 2.75 bits per heavy atom. The van der Waals surface area contributed by atoms with Crippen molar-refractivity contribution < 1.29 is 13.9 Å². The first kappa shape index (κ1) is 31.6. The van der Waals surface area contributed by atoms with Gasteiger partial charge in [0.05, 0.1) is 12.2 Å². The highest BCUT2D eigenvalue weighted by Gasteiger charge is 2.36. The molecule has 0 bridgehead atoms. The molecule has 3 aromatic rings. The number of aryl methyl sites for hydroxylation is 1. The number of fused-ring (bicyclic) bond motifs is 2. The van der Waals surface area contributed by atoms with Crippen LogP contribution in [-0.4, -0.2) is 95.7 Å². The lowest BCUT2D eigenvalue weighted by Gasteiger charge is -2.41. The van der Waals surface area contributed by atoms with Gasteiger partial charge in [-0.3, -0.25) is 4.79 Å². The number of carbonyl (C=O) groups excluding carboxylic acids is 1. The molecule has 2 saturated heterocycles. The summed E-state index contributed by atoms with van der Waals surface area (Å²) in [5, 5.41) is 1.19. The van der Waals surface area contributed by atoms with E-state index in [0.717, 1.165) is 54.9 Å². The van der Waals surface area contributed by atoms with Crippen LogP contribution in [0.25, 0.3) is 15.7 Å². The third kappa shape index (κ3) is 5.95. The molecule has 0 saturated carbocycles. The normalized spacial score (nSPS) is 20.3. The van der Waals surface area contributed by atoms with Crippen molar-refractivity contribution in [1.29, 1.82) is 0 Å². The van der Waals surface area contributed by atoms with E-state index >= 15 is 0 Å². The molecule has 5 heterocycles. The van der Waals surface area contributed by atoms with Crippen LogP contribution in [0.1, 0.15) is 35.2 Å². The van der Waals surface area contributed by atoms with Crippen LogP contribution >= 0.6 is 13.5 Å². The summed E-state index contributed by atoms with van der Waals surface area (Å²) in [6.07, 6.45) is 4.95. The van der Waals surface area contributed by atoms with E-state index in [1.807, 2.05) is 6.20 Å². The van der Waals surface area contributed by atoms with E-state index in [1.54, 1.807) is 0 Å². The first-order valence-electron chi connectivity index (χ1n) is 15.0. The summed E-state index contributed by atoms with van der Waals surface area (Å²) in [5.41, 5.74) is 6.81. The maximum Gasteiger partial charge on any atom is 0.318 e. The third-order valence-corrected chi connectivity index (χ3v) is 9.33. The highest BCUT2D eigenvalue weighted by atomic mass is 32.1. The maximum absolute atomic E-state index is 13.8. The topological polar surface area (TPSA) is 85.2 Å². The van der Waals surface area contributed by atoms with Crippen molar-refractivity contribution in [2.45, 2.75) is 51.7 Å². The van der Waals surface area contributed by atoms with Crippen LogP contribution in [0.4, 0.5) is 15.9 Å². The number of carbonyl (C=O) groups is 1. The maximum atomic E-state index is 13.8. The molecule has 1 amide bonds. The SMILES string of the molecule is S.[C-]#[N+]C[C@H]1CN(c2nc(OC[C@@H]3CCCN3C)nc3c2CCN(c2c(C)c(C)cc4[nH]ccc24)C3)CCN1C(=O)C(=C)F. The molecule has 234 valence electrons. The van der Waals surface area contributed by atoms with Gasteiger partial charge in [-0.25, -0.2) is 11.0 Å². The Morgan fingerprint density at radius 2 is 2.02 bits per heavy atom. The lowest BCUT2D eigenvalue weighted by molar-refractivity contribution is -0.131. The number of hydrogen-bond donors (Lipinski definition) is 1. The highest BCUT2D eigenvalue weighted by Crippen LogP contribution is 2.37. The smallest absolute Gasteiger partial charge is 0.318 e. The number of aromatic nitrogens is 3. The second kappa shape index (κ2) is 13.0. The monoisotopic (exact) mass is 620 g/mol. The molecule has 2 fully saturated rings. The summed E-state index contributed by atoms with van der Waals surface area (Å²) >= 11 is 0. The second-order valence-electron chi connectivity index (χ2n) is 12.0. The molecule has 3 aliphatic heterocycles. The molecule has 44 heavy (non-hydrogen) atoms. The highest BCUT2D eigenvalue weighted by molar-refractivity contribution is 7.59. The van der Waals surface area contributed by atoms with E-state index in [-0.39, 0.29) is 26.6 Å². The van der Waals surface area contributed by atoms with E-state index in [2.05, 4.69) is 64.1 Å². The number of benzene rings is 1. The van der Waals surface area contributed by atoms with Crippen molar-refractivity contribution in [3.05, 3.63) is 64.5 Å². The Balaban J connectivity index is 0.00000384. The predicted molar refractivity (Wildman–Crippen MR) is 176 cm³/mol. The van der Waals surface area contributed by atoms with Crippen LogP contribution in [0.5, 0.6) is 6.01 Å². The minimum Gasteiger partial charge on any atom is -0.462 e. The molecule has 10 nitrogen and oxygen atoms in total. The fraction of sp³-hybridized carbons (Fsp3) is 0.500. The number of H-pyrrole nitrogens is 1. The average molecular weight is 621 g/mol. The molecule has 1 aromatic carbocycles. The Labute approximate surface area is 265 Å². The fourth-order valence-corrected chi connectivity index (χ4v) is 6.83. The van der Waals surface area contributed by atoms with Crippen LogP contribution in [0, 0.1) is 20.4 Å². The molecule has 6 rings (SSSR count). The van der Waals surface area contributed by atoms with Gasteiger partial charge in [0.2, 0.25) is 6.54 Å². The molecule has 2 aromatic heterocycles. The first-order chi connectivity index (χ1) is 20.7. The van der Waals surface area contributed by atoms with Gasteiger partial charge in [0.15, 0.2) is 5.83 Å².